The third-order valence-electron chi connectivity index (χ3n) is 5.22. The Hall–Kier alpha value is -2.38. The number of fused-ring (bicyclic) bond motifs is 2. The topological polar surface area (TPSA) is 79.6 Å². The highest BCUT2D eigenvalue weighted by Crippen LogP contribution is 2.30. The lowest BCUT2D eigenvalue weighted by molar-refractivity contribution is -0.121. The van der Waals surface area contributed by atoms with Gasteiger partial charge in [-0.1, -0.05) is 19.1 Å². The van der Waals surface area contributed by atoms with Gasteiger partial charge in [-0.3, -0.25) is 10.1 Å². The Morgan fingerprint density at radius 1 is 1.38 bits per heavy atom. The Morgan fingerprint density at radius 2 is 2.19 bits per heavy atom. The number of anilines is 1. The summed E-state index contributed by atoms with van der Waals surface area (Å²) >= 11 is 0. The molecule has 1 amide bonds. The van der Waals surface area contributed by atoms with Crippen molar-refractivity contribution in [2.24, 2.45) is 5.92 Å². The predicted molar refractivity (Wildman–Crippen MR) is 96.9 cm³/mol. The number of para-hydroxylation sites is 2. The molecule has 2 aliphatic heterocycles. The summed E-state index contributed by atoms with van der Waals surface area (Å²) in [4.78, 5) is 18.8. The molecule has 2 aliphatic rings. The normalized spacial score (nSPS) is 23.7. The van der Waals surface area contributed by atoms with Crippen LogP contribution in [0.5, 0.6) is 5.75 Å². The second-order valence-corrected chi connectivity index (χ2v) is 7.16. The van der Waals surface area contributed by atoms with Gasteiger partial charge in [-0.15, -0.1) is 0 Å². The monoisotopic (exact) mass is 356 g/mol. The number of hydrogen-bond acceptors (Lipinski definition) is 5. The zero-order valence-electron chi connectivity index (χ0n) is 15.1. The van der Waals surface area contributed by atoms with Gasteiger partial charge in [-0.2, -0.15) is 0 Å². The van der Waals surface area contributed by atoms with Crippen LogP contribution in [0.3, 0.4) is 0 Å². The fourth-order valence-electron chi connectivity index (χ4n) is 3.69. The molecule has 3 atom stereocenters. The molecule has 7 heteroatoms. The third kappa shape index (κ3) is 2.97. The first-order chi connectivity index (χ1) is 12.5. The van der Waals surface area contributed by atoms with E-state index in [1.807, 2.05) is 30.5 Å². The van der Waals surface area contributed by atoms with Crippen LogP contribution in [0.4, 0.5) is 5.69 Å². The summed E-state index contributed by atoms with van der Waals surface area (Å²) in [5.74, 6) is 1.62. The fraction of sp³-hybridized carbons (Fsp3) is 0.474. The van der Waals surface area contributed by atoms with Gasteiger partial charge in [0.25, 0.3) is 0 Å². The van der Waals surface area contributed by atoms with Crippen LogP contribution in [0.2, 0.25) is 0 Å². The average Bonchev–Trinajstić information content (AvgIpc) is 3.02. The van der Waals surface area contributed by atoms with Gasteiger partial charge in [-0.25, -0.2) is 4.98 Å². The number of nitrogens with one attached hydrogen (secondary N) is 1. The van der Waals surface area contributed by atoms with Crippen molar-refractivity contribution in [3.05, 3.63) is 42.0 Å². The number of rotatable bonds is 3. The molecule has 3 heterocycles. The van der Waals surface area contributed by atoms with E-state index in [9.17, 15) is 9.90 Å². The number of likely N-dealkylation sites (N-methyl/N-ethyl adjacent to an activating group) is 1. The predicted octanol–water partition coefficient (Wildman–Crippen LogP) is 1.47. The minimum Gasteiger partial charge on any atom is -0.489 e. The van der Waals surface area contributed by atoms with Crippen LogP contribution >= 0.6 is 0 Å². The van der Waals surface area contributed by atoms with Crippen LogP contribution in [0.25, 0.3) is 0 Å². The molecule has 0 spiro atoms. The van der Waals surface area contributed by atoms with Crippen LogP contribution in [0.15, 0.2) is 30.5 Å². The Kier molecular flexibility index (Phi) is 4.42. The van der Waals surface area contributed by atoms with E-state index < -0.39 is 12.3 Å². The molecule has 0 bridgehead atoms. The van der Waals surface area contributed by atoms with Crippen molar-refractivity contribution in [1.29, 1.82) is 0 Å². The summed E-state index contributed by atoms with van der Waals surface area (Å²) in [5, 5.41) is 13.7. The van der Waals surface area contributed by atoms with Crippen molar-refractivity contribution < 1.29 is 14.6 Å². The lowest BCUT2D eigenvalue weighted by Crippen LogP contribution is -2.48. The Morgan fingerprint density at radius 3 is 3.04 bits per heavy atom. The molecule has 0 aliphatic carbocycles. The van der Waals surface area contributed by atoms with E-state index in [2.05, 4.69) is 21.8 Å². The zero-order valence-corrected chi connectivity index (χ0v) is 15.1. The highest BCUT2D eigenvalue weighted by atomic mass is 16.5. The molecule has 7 nitrogen and oxygen atoms in total. The van der Waals surface area contributed by atoms with Crippen LogP contribution < -0.4 is 15.0 Å². The molecule has 2 aromatic rings. The van der Waals surface area contributed by atoms with E-state index in [0.717, 1.165) is 30.8 Å². The Balaban J connectivity index is 1.53. The maximum absolute atomic E-state index is 12.8. The van der Waals surface area contributed by atoms with Gasteiger partial charge in [0.05, 0.1) is 5.69 Å². The average molecular weight is 356 g/mol. The minimum atomic E-state index is -1.03. The summed E-state index contributed by atoms with van der Waals surface area (Å²) in [6, 6.07) is 6.77. The highest BCUT2D eigenvalue weighted by molar-refractivity contribution is 5.98. The first-order valence-corrected chi connectivity index (χ1v) is 9.02. The largest absolute Gasteiger partial charge is 0.489 e. The summed E-state index contributed by atoms with van der Waals surface area (Å²) in [7, 11) is 1.72. The first-order valence-electron chi connectivity index (χ1n) is 9.02. The smallest absolute Gasteiger partial charge is 0.247 e. The van der Waals surface area contributed by atoms with Crippen molar-refractivity contribution in [1.82, 2.24) is 14.9 Å². The van der Waals surface area contributed by atoms with Crippen molar-refractivity contribution in [3.8, 4) is 5.75 Å². The molecule has 2 unspecified atom stereocenters. The quantitative estimate of drug-likeness (QED) is 0.814. The number of aryl methyl sites for hydroxylation is 1. The van der Waals surface area contributed by atoms with Gasteiger partial charge in [0.1, 0.15) is 18.4 Å². The molecule has 2 N–H and O–H groups in total. The zero-order chi connectivity index (χ0) is 18.3. The first kappa shape index (κ1) is 17.1. The number of hydrogen-bond donors (Lipinski definition) is 2. The SMILES string of the molecule is CC1CCc2cnc(C(O)N[C@H]3COc4ccccc4N(C)C3=O)n2C1. The summed E-state index contributed by atoms with van der Waals surface area (Å²) < 4.78 is 7.85. The number of amides is 1. The number of benzene rings is 1. The van der Waals surface area contributed by atoms with Crippen LogP contribution in [0.1, 0.15) is 31.1 Å². The molecule has 1 aromatic heterocycles. The molecule has 0 saturated carbocycles. The van der Waals surface area contributed by atoms with E-state index in [4.69, 9.17) is 4.74 Å². The Bertz CT molecular complexity index is 819. The molecule has 0 radical (unpaired) electrons. The fourth-order valence-corrected chi connectivity index (χ4v) is 3.69. The lowest BCUT2D eigenvalue weighted by atomic mass is 10.0. The molecule has 0 fully saturated rings. The number of aliphatic hydroxyl groups excluding tert-OH is 1. The lowest BCUT2D eigenvalue weighted by Gasteiger charge is -2.26. The number of carbonyl (C=O) groups excluding carboxylic acids is 1. The number of ether oxygens (including phenoxy) is 1. The molecular formula is C19H24N4O3. The number of imidazole rings is 1. The summed E-state index contributed by atoms with van der Waals surface area (Å²) in [5.41, 5.74) is 1.86. The summed E-state index contributed by atoms with van der Waals surface area (Å²) in [6.07, 6.45) is 2.89. The highest BCUT2D eigenvalue weighted by Gasteiger charge is 2.32. The number of aliphatic hydroxyl groups is 1. The second-order valence-electron chi connectivity index (χ2n) is 7.16. The second kappa shape index (κ2) is 6.74. The minimum absolute atomic E-state index is 0.146. The molecule has 1 aromatic carbocycles. The number of aromatic nitrogens is 2. The van der Waals surface area contributed by atoms with E-state index in [-0.39, 0.29) is 12.5 Å². The number of carbonyl (C=O) groups is 1. The van der Waals surface area contributed by atoms with Gasteiger partial charge in [0.15, 0.2) is 12.1 Å². The van der Waals surface area contributed by atoms with Gasteiger partial charge in [-0.05, 0) is 30.9 Å². The van der Waals surface area contributed by atoms with Crippen LogP contribution in [-0.2, 0) is 17.8 Å². The molecule has 138 valence electrons. The molecule has 4 rings (SSSR count). The van der Waals surface area contributed by atoms with Gasteiger partial charge >= 0.3 is 0 Å². The maximum atomic E-state index is 12.8. The van der Waals surface area contributed by atoms with Gasteiger partial charge in [0, 0.05) is 25.5 Å². The Labute approximate surface area is 152 Å². The maximum Gasteiger partial charge on any atom is 0.247 e. The van der Waals surface area contributed by atoms with Gasteiger partial charge in [0.2, 0.25) is 5.91 Å². The van der Waals surface area contributed by atoms with E-state index >= 15 is 0 Å². The number of nitrogens with zero attached hydrogens (tertiary/aromatic N) is 3. The van der Waals surface area contributed by atoms with E-state index in [1.54, 1.807) is 11.9 Å². The third-order valence-corrected chi connectivity index (χ3v) is 5.22. The molecule has 0 saturated heterocycles. The van der Waals surface area contributed by atoms with E-state index in [0.29, 0.717) is 17.5 Å². The van der Waals surface area contributed by atoms with Crippen molar-refractivity contribution in [2.45, 2.75) is 38.6 Å². The summed E-state index contributed by atoms with van der Waals surface area (Å²) in [6.45, 7) is 3.19. The standard InChI is InChI=1S/C19H24N4O3/c1-12-7-8-13-9-20-17(23(13)10-12)18(24)21-14-11-26-16-6-4-3-5-15(16)22(2)19(14)25/h3-6,9,12,14,18,21,24H,7-8,10-11H2,1-2H3/t12?,14-,18?/m0/s1. The van der Waals surface area contributed by atoms with Crippen molar-refractivity contribution >= 4 is 11.6 Å². The molecule has 26 heavy (non-hydrogen) atoms. The van der Waals surface area contributed by atoms with E-state index in [1.165, 1.54) is 0 Å². The van der Waals surface area contributed by atoms with Crippen LogP contribution in [0, 0.1) is 5.92 Å². The van der Waals surface area contributed by atoms with Crippen molar-refractivity contribution in [2.75, 3.05) is 18.6 Å². The van der Waals surface area contributed by atoms with Crippen LogP contribution in [-0.4, -0.2) is 40.3 Å². The molecular weight excluding hydrogens is 332 g/mol. The van der Waals surface area contributed by atoms with Gasteiger partial charge < -0.3 is 19.3 Å². The van der Waals surface area contributed by atoms with Crippen molar-refractivity contribution in [3.63, 3.8) is 0 Å².